The monoisotopic (exact) mass is 259 g/mol. The molecule has 19 heavy (non-hydrogen) atoms. The van der Waals surface area contributed by atoms with Gasteiger partial charge in [-0.3, -0.25) is 4.79 Å². The van der Waals surface area contributed by atoms with Crippen molar-refractivity contribution in [2.75, 3.05) is 13.1 Å². The van der Waals surface area contributed by atoms with E-state index in [1.807, 2.05) is 23.7 Å². The van der Waals surface area contributed by atoms with E-state index in [4.69, 9.17) is 0 Å². The number of aliphatic hydroxyl groups is 1. The summed E-state index contributed by atoms with van der Waals surface area (Å²) >= 11 is 0. The van der Waals surface area contributed by atoms with E-state index in [2.05, 4.69) is 4.98 Å². The van der Waals surface area contributed by atoms with E-state index in [1.54, 1.807) is 23.2 Å². The van der Waals surface area contributed by atoms with Gasteiger partial charge in [-0.1, -0.05) is 6.92 Å². The fraction of sp³-hybridized carbons (Fsp3) is 0.429. The highest BCUT2D eigenvalue weighted by Crippen LogP contribution is 2.19. The number of pyridine rings is 1. The molecule has 2 aromatic rings. The number of β-amino-alcohol motifs (C(OH)–C–C–N with tert-alkyl or cyclic N) is 1. The molecule has 2 aromatic heterocycles. The van der Waals surface area contributed by atoms with Crippen LogP contribution in [0.2, 0.25) is 0 Å². The minimum absolute atomic E-state index is 0.0311. The number of rotatable bonds is 1. The number of amides is 1. The highest BCUT2D eigenvalue weighted by Gasteiger charge is 2.27. The number of fused-ring (bicyclic) bond motifs is 1. The van der Waals surface area contributed by atoms with Crippen LogP contribution in [0.1, 0.15) is 23.7 Å². The van der Waals surface area contributed by atoms with Crippen LogP contribution >= 0.6 is 0 Å². The van der Waals surface area contributed by atoms with Gasteiger partial charge in [0.05, 0.1) is 6.10 Å². The van der Waals surface area contributed by atoms with Gasteiger partial charge in [0, 0.05) is 37.2 Å². The molecule has 5 heteroatoms. The van der Waals surface area contributed by atoms with Crippen molar-refractivity contribution in [2.24, 2.45) is 5.92 Å². The summed E-state index contributed by atoms with van der Waals surface area (Å²) in [5.41, 5.74) is 1.39. The maximum Gasteiger partial charge on any atom is 0.254 e. The third kappa shape index (κ3) is 2.21. The first kappa shape index (κ1) is 12.2. The predicted octanol–water partition coefficient (Wildman–Crippen LogP) is 1.18. The molecule has 1 aliphatic rings. The first-order valence-electron chi connectivity index (χ1n) is 6.55. The zero-order chi connectivity index (χ0) is 13.4. The van der Waals surface area contributed by atoms with Crippen LogP contribution in [0.4, 0.5) is 0 Å². The van der Waals surface area contributed by atoms with Gasteiger partial charge in [-0.25, -0.2) is 4.98 Å². The van der Waals surface area contributed by atoms with E-state index in [1.165, 1.54) is 0 Å². The average Bonchev–Trinajstić information content (AvgIpc) is 2.88. The summed E-state index contributed by atoms with van der Waals surface area (Å²) in [5, 5.41) is 9.87. The van der Waals surface area contributed by atoms with Crippen LogP contribution in [-0.4, -0.2) is 44.5 Å². The highest BCUT2D eigenvalue weighted by molar-refractivity contribution is 5.95. The molecule has 0 aliphatic carbocycles. The molecule has 2 unspecified atom stereocenters. The second-order valence-corrected chi connectivity index (χ2v) is 5.19. The van der Waals surface area contributed by atoms with Gasteiger partial charge in [-0.15, -0.1) is 0 Å². The van der Waals surface area contributed by atoms with Crippen molar-refractivity contribution in [3.8, 4) is 0 Å². The average molecular weight is 259 g/mol. The molecule has 1 fully saturated rings. The van der Waals surface area contributed by atoms with Gasteiger partial charge >= 0.3 is 0 Å². The Bertz CT molecular complexity index is 608. The number of likely N-dealkylation sites (tertiary alicyclic amines) is 1. The normalized spacial score (nSPS) is 23.8. The Morgan fingerprint density at radius 2 is 2.32 bits per heavy atom. The van der Waals surface area contributed by atoms with E-state index in [0.29, 0.717) is 18.7 Å². The van der Waals surface area contributed by atoms with Crippen molar-refractivity contribution in [2.45, 2.75) is 19.4 Å². The zero-order valence-electron chi connectivity index (χ0n) is 10.9. The van der Waals surface area contributed by atoms with E-state index in [0.717, 1.165) is 12.1 Å². The maximum atomic E-state index is 12.4. The molecule has 0 aromatic carbocycles. The van der Waals surface area contributed by atoms with Gasteiger partial charge in [0.1, 0.15) is 5.65 Å². The van der Waals surface area contributed by atoms with Crippen LogP contribution in [0.5, 0.6) is 0 Å². The molecule has 1 aliphatic heterocycles. The van der Waals surface area contributed by atoms with E-state index in [9.17, 15) is 9.90 Å². The molecule has 0 bridgehead atoms. The summed E-state index contributed by atoms with van der Waals surface area (Å²) < 4.78 is 1.86. The van der Waals surface area contributed by atoms with Crippen molar-refractivity contribution in [3.05, 3.63) is 36.3 Å². The lowest BCUT2D eigenvalue weighted by Gasteiger charge is -2.34. The minimum atomic E-state index is -0.423. The molecule has 0 spiro atoms. The number of hydrogen-bond donors (Lipinski definition) is 1. The number of aliphatic hydroxyl groups excluding tert-OH is 1. The summed E-state index contributed by atoms with van der Waals surface area (Å²) in [7, 11) is 0. The minimum Gasteiger partial charge on any atom is -0.391 e. The molecule has 1 amide bonds. The third-order valence-electron chi connectivity index (χ3n) is 3.85. The Labute approximate surface area is 111 Å². The van der Waals surface area contributed by atoms with Crippen LogP contribution in [0.15, 0.2) is 30.7 Å². The molecule has 5 nitrogen and oxygen atoms in total. The Morgan fingerprint density at radius 3 is 3.11 bits per heavy atom. The van der Waals surface area contributed by atoms with Crippen molar-refractivity contribution in [1.82, 2.24) is 14.3 Å². The Kier molecular flexibility index (Phi) is 2.98. The fourth-order valence-electron chi connectivity index (χ4n) is 2.46. The molecule has 100 valence electrons. The fourth-order valence-corrected chi connectivity index (χ4v) is 2.46. The SMILES string of the molecule is CC1CCN(C(=O)c2ccn3ccnc3c2)CC1O. The topological polar surface area (TPSA) is 57.8 Å². The first-order chi connectivity index (χ1) is 9.15. The van der Waals surface area contributed by atoms with Crippen molar-refractivity contribution in [1.29, 1.82) is 0 Å². The van der Waals surface area contributed by atoms with Gasteiger partial charge in [-0.05, 0) is 24.5 Å². The van der Waals surface area contributed by atoms with Gasteiger partial charge in [0.25, 0.3) is 5.91 Å². The zero-order valence-corrected chi connectivity index (χ0v) is 10.9. The van der Waals surface area contributed by atoms with Crippen LogP contribution < -0.4 is 0 Å². The van der Waals surface area contributed by atoms with E-state index in [-0.39, 0.29) is 11.8 Å². The highest BCUT2D eigenvalue weighted by atomic mass is 16.3. The molecule has 1 N–H and O–H groups in total. The van der Waals surface area contributed by atoms with E-state index >= 15 is 0 Å². The lowest BCUT2D eigenvalue weighted by atomic mass is 9.95. The standard InChI is InChI=1S/C14H17N3O2/c1-10-2-5-17(9-12(10)18)14(19)11-3-6-16-7-4-15-13(16)8-11/h3-4,6-8,10,12,18H,2,5,9H2,1H3. The summed E-state index contributed by atoms with van der Waals surface area (Å²) in [6.07, 6.45) is 5.80. The number of hydrogen-bond acceptors (Lipinski definition) is 3. The van der Waals surface area contributed by atoms with Crippen LogP contribution in [0.3, 0.4) is 0 Å². The van der Waals surface area contributed by atoms with Gasteiger partial charge < -0.3 is 14.4 Å². The first-order valence-corrected chi connectivity index (χ1v) is 6.55. The summed E-state index contributed by atoms with van der Waals surface area (Å²) in [4.78, 5) is 18.3. The van der Waals surface area contributed by atoms with Crippen LogP contribution in [0.25, 0.3) is 5.65 Å². The lowest BCUT2D eigenvalue weighted by molar-refractivity contribution is 0.0248. The number of piperidine rings is 1. The number of carbonyl (C=O) groups is 1. The molecule has 1 saturated heterocycles. The second-order valence-electron chi connectivity index (χ2n) is 5.19. The number of aromatic nitrogens is 2. The molecule has 3 rings (SSSR count). The second kappa shape index (κ2) is 4.66. The Balaban J connectivity index is 1.83. The summed E-state index contributed by atoms with van der Waals surface area (Å²) in [5.74, 6) is 0.232. The van der Waals surface area contributed by atoms with Gasteiger partial charge in [-0.2, -0.15) is 0 Å². The molecule has 0 saturated carbocycles. The summed E-state index contributed by atoms with van der Waals surface area (Å²) in [6, 6.07) is 3.58. The molecule has 2 atom stereocenters. The maximum absolute atomic E-state index is 12.4. The van der Waals surface area contributed by atoms with Crippen molar-refractivity contribution in [3.63, 3.8) is 0 Å². The molecule has 3 heterocycles. The number of nitrogens with zero attached hydrogens (tertiary/aromatic N) is 3. The van der Waals surface area contributed by atoms with Crippen LogP contribution in [0, 0.1) is 5.92 Å². The van der Waals surface area contributed by atoms with Gasteiger partial charge in [0.2, 0.25) is 0 Å². The smallest absolute Gasteiger partial charge is 0.254 e. The van der Waals surface area contributed by atoms with Crippen molar-refractivity contribution < 1.29 is 9.90 Å². The Hall–Kier alpha value is -1.88. The quantitative estimate of drug-likeness (QED) is 0.836. The third-order valence-corrected chi connectivity index (χ3v) is 3.85. The summed E-state index contributed by atoms with van der Waals surface area (Å²) in [6.45, 7) is 3.14. The Morgan fingerprint density at radius 1 is 1.47 bits per heavy atom. The molecular formula is C14H17N3O2. The van der Waals surface area contributed by atoms with Gasteiger partial charge in [0.15, 0.2) is 0 Å². The number of carbonyl (C=O) groups excluding carboxylic acids is 1. The molecular weight excluding hydrogens is 242 g/mol. The van der Waals surface area contributed by atoms with Crippen molar-refractivity contribution >= 4 is 11.6 Å². The number of imidazole rings is 1. The predicted molar refractivity (Wildman–Crippen MR) is 70.9 cm³/mol. The largest absolute Gasteiger partial charge is 0.391 e. The molecule has 0 radical (unpaired) electrons. The lowest BCUT2D eigenvalue weighted by Crippen LogP contribution is -2.45. The van der Waals surface area contributed by atoms with Crippen LogP contribution in [-0.2, 0) is 0 Å². The van der Waals surface area contributed by atoms with E-state index < -0.39 is 6.10 Å².